The molecule has 3 nitrogen and oxygen atoms in total. The van der Waals surface area contributed by atoms with Crippen LogP contribution in [0.4, 0.5) is 0 Å². The quantitative estimate of drug-likeness (QED) is 0.635. The summed E-state index contributed by atoms with van der Waals surface area (Å²) in [7, 11) is 0. The highest BCUT2D eigenvalue weighted by Crippen LogP contribution is 2.39. The molecular formula is C10H19NO2. The van der Waals surface area contributed by atoms with Crippen LogP contribution < -0.4 is 5.73 Å². The van der Waals surface area contributed by atoms with E-state index in [4.69, 9.17) is 10.5 Å². The molecule has 2 aliphatic rings. The van der Waals surface area contributed by atoms with Gasteiger partial charge in [0.2, 0.25) is 0 Å². The third kappa shape index (κ3) is 1.49. The van der Waals surface area contributed by atoms with Gasteiger partial charge in [-0.05, 0) is 12.8 Å². The second-order valence-electron chi connectivity index (χ2n) is 4.55. The Morgan fingerprint density at radius 3 is 2.31 bits per heavy atom. The molecule has 0 spiro atoms. The van der Waals surface area contributed by atoms with Crippen molar-refractivity contribution in [3.8, 4) is 0 Å². The summed E-state index contributed by atoms with van der Waals surface area (Å²) in [5.74, 6) is 0. The van der Waals surface area contributed by atoms with Crippen LogP contribution >= 0.6 is 0 Å². The molecule has 1 heterocycles. The van der Waals surface area contributed by atoms with E-state index in [9.17, 15) is 5.11 Å². The zero-order valence-corrected chi connectivity index (χ0v) is 8.09. The molecule has 0 amide bonds. The smallest absolute Gasteiger partial charge is 0.108 e. The van der Waals surface area contributed by atoms with Gasteiger partial charge in [0.25, 0.3) is 0 Å². The van der Waals surface area contributed by atoms with Crippen molar-refractivity contribution in [2.24, 2.45) is 5.73 Å². The van der Waals surface area contributed by atoms with E-state index in [-0.39, 0.29) is 5.54 Å². The van der Waals surface area contributed by atoms with Crippen LogP contribution in [0.5, 0.6) is 0 Å². The molecule has 0 radical (unpaired) electrons. The normalized spacial score (nSPS) is 39.2. The predicted octanol–water partition coefficient (Wildman–Crippen LogP) is 0.799. The first kappa shape index (κ1) is 9.44. The van der Waals surface area contributed by atoms with Gasteiger partial charge in [0, 0.05) is 18.6 Å². The SMILES string of the molecule is NC1(C2(O)CCOC2)CCCCC1. The maximum atomic E-state index is 10.3. The lowest BCUT2D eigenvalue weighted by Crippen LogP contribution is -2.61. The number of rotatable bonds is 1. The summed E-state index contributed by atoms with van der Waals surface area (Å²) in [6.07, 6.45) is 6.18. The van der Waals surface area contributed by atoms with Gasteiger partial charge >= 0.3 is 0 Å². The molecule has 0 aromatic rings. The van der Waals surface area contributed by atoms with E-state index in [0.29, 0.717) is 19.6 Å². The lowest BCUT2D eigenvalue weighted by molar-refractivity contribution is -0.0549. The molecule has 76 valence electrons. The fourth-order valence-electron chi connectivity index (χ4n) is 2.59. The Kier molecular flexibility index (Phi) is 2.34. The molecule has 1 unspecified atom stereocenters. The second-order valence-corrected chi connectivity index (χ2v) is 4.55. The number of aliphatic hydroxyl groups is 1. The van der Waals surface area contributed by atoms with Gasteiger partial charge in [-0.1, -0.05) is 19.3 Å². The Balaban J connectivity index is 2.11. The molecule has 3 heteroatoms. The molecular weight excluding hydrogens is 166 g/mol. The van der Waals surface area contributed by atoms with Crippen LogP contribution in [-0.2, 0) is 4.74 Å². The van der Waals surface area contributed by atoms with E-state index < -0.39 is 5.60 Å². The van der Waals surface area contributed by atoms with Crippen molar-refractivity contribution in [3.05, 3.63) is 0 Å². The van der Waals surface area contributed by atoms with Crippen LogP contribution in [0.25, 0.3) is 0 Å². The third-order valence-corrected chi connectivity index (χ3v) is 3.67. The van der Waals surface area contributed by atoms with Gasteiger partial charge in [-0.2, -0.15) is 0 Å². The average molecular weight is 185 g/mol. The van der Waals surface area contributed by atoms with E-state index in [1.54, 1.807) is 0 Å². The van der Waals surface area contributed by atoms with Crippen molar-refractivity contribution >= 4 is 0 Å². The minimum absolute atomic E-state index is 0.373. The van der Waals surface area contributed by atoms with Crippen LogP contribution in [0.3, 0.4) is 0 Å². The molecule has 1 saturated carbocycles. The van der Waals surface area contributed by atoms with E-state index in [1.807, 2.05) is 0 Å². The summed E-state index contributed by atoms with van der Waals surface area (Å²) in [6, 6.07) is 0. The van der Waals surface area contributed by atoms with E-state index in [1.165, 1.54) is 6.42 Å². The number of hydrogen-bond acceptors (Lipinski definition) is 3. The summed E-state index contributed by atoms with van der Waals surface area (Å²) in [4.78, 5) is 0. The highest BCUT2D eigenvalue weighted by atomic mass is 16.5. The van der Waals surface area contributed by atoms with Crippen LogP contribution in [0.1, 0.15) is 38.5 Å². The highest BCUT2D eigenvalue weighted by Gasteiger charge is 2.49. The Bertz CT molecular complexity index is 181. The molecule has 1 saturated heterocycles. The van der Waals surface area contributed by atoms with Crippen molar-refractivity contribution < 1.29 is 9.84 Å². The first-order valence-corrected chi connectivity index (χ1v) is 5.25. The van der Waals surface area contributed by atoms with Gasteiger partial charge in [0.1, 0.15) is 5.60 Å². The zero-order chi connectivity index (χ0) is 9.36. The van der Waals surface area contributed by atoms with Crippen LogP contribution in [0.15, 0.2) is 0 Å². The molecule has 13 heavy (non-hydrogen) atoms. The fourth-order valence-corrected chi connectivity index (χ4v) is 2.59. The van der Waals surface area contributed by atoms with Crippen molar-refractivity contribution in [2.75, 3.05) is 13.2 Å². The summed E-state index contributed by atoms with van der Waals surface area (Å²) in [6.45, 7) is 1.10. The number of ether oxygens (including phenoxy) is 1. The van der Waals surface area contributed by atoms with Gasteiger partial charge < -0.3 is 15.6 Å². The highest BCUT2D eigenvalue weighted by molar-refractivity contribution is 5.06. The van der Waals surface area contributed by atoms with Crippen molar-refractivity contribution in [2.45, 2.75) is 49.7 Å². The molecule has 0 aromatic heterocycles. The number of nitrogens with two attached hydrogens (primary N) is 1. The Labute approximate surface area is 79.3 Å². The van der Waals surface area contributed by atoms with E-state index >= 15 is 0 Å². The minimum Gasteiger partial charge on any atom is -0.385 e. The van der Waals surface area contributed by atoms with Crippen molar-refractivity contribution in [3.63, 3.8) is 0 Å². The molecule has 3 N–H and O–H groups in total. The molecule has 1 aliphatic carbocycles. The van der Waals surface area contributed by atoms with E-state index in [0.717, 1.165) is 25.7 Å². The maximum absolute atomic E-state index is 10.3. The average Bonchev–Trinajstić information content (AvgIpc) is 2.55. The standard InChI is InChI=1S/C10H19NO2/c11-9(4-2-1-3-5-9)10(12)6-7-13-8-10/h12H,1-8,11H2. The lowest BCUT2D eigenvalue weighted by Gasteiger charge is -2.44. The first-order chi connectivity index (χ1) is 6.16. The summed E-state index contributed by atoms with van der Waals surface area (Å²) in [5, 5.41) is 10.3. The molecule has 2 fully saturated rings. The molecule has 1 aliphatic heterocycles. The topological polar surface area (TPSA) is 55.5 Å². The summed E-state index contributed by atoms with van der Waals surface area (Å²) in [5.41, 5.74) is 5.15. The van der Waals surface area contributed by atoms with Gasteiger partial charge in [0.05, 0.1) is 6.61 Å². The number of hydrogen-bond donors (Lipinski definition) is 2. The van der Waals surface area contributed by atoms with Gasteiger partial charge in [-0.15, -0.1) is 0 Å². The molecule has 0 bridgehead atoms. The van der Waals surface area contributed by atoms with Crippen LogP contribution in [-0.4, -0.2) is 29.5 Å². The summed E-state index contributed by atoms with van der Waals surface area (Å²) >= 11 is 0. The van der Waals surface area contributed by atoms with Gasteiger partial charge in [-0.3, -0.25) is 0 Å². The summed E-state index contributed by atoms with van der Waals surface area (Å²) < 4.78 is 5.25. The molecule has 2 rings (SSSR count). The third-order valence-electron chi connectivity index (χ3n) is 3.67. The molecule has 0 aromatic carbocycles. The van der Waals surface area contributed by atoms with Gasteiger partial charge in [-0.25, -0.2) is 0 Å². The maximum Gasteiger partial charge on any atom is 0.108 e. The predicted molar refractivity (Wildman–Crippen MR) is 50.4 cm³/mol. The monoisotopic (exact) mass is 185 g/mol. The fraction of sp³-hybridized carbons (Fsp3) is 1.00. The zero-order valence-electron chi connectivity index (χ0n) is 8.09. The van der Waals surface area contributed by atoms with Crippen molar-refractivity contribution in [1.29, 1.82) is 0 Å². The Hall–Kier alpha value is -0.120. The van der Waals surface area contributed by atoms with Crippen molar-refractivity contribution in [1.82, 2.24) is 0 Å². The largest absolute Gasteiger partial charge is 0.385 e. The van der Waals surface area contributed by atoms with Gasteiger partial charge in [0.15, 0.2) is 0 Å². The Morgan fingerprint density at radius 2 is 1.77 bits per heavy atom. The van der Waals surface area contributed by atoms with E-state index in [2.05, 4.69) is 0 Å². The minimum atomic E-state index is -0.743. The van der Waals surface area contributed by atoms with Crippen LogP contribution in [0, 0.1) is 0 Å². The first-order valence-electron chi connectivity index (χ1n) is 5.25. The Morgan fingerprint density at radius 1 is 1.08 bits per heavy atom. The molecule has 1 atom stereocenters. The second kappa shape index (κ2) is 3.23. The lowest BCUT2D eigenvalue weighted by atomic mass is 9.70. The van der Waals surface area contributed by atoms with Crippen LogP contribution in [0.2, 0.25) is 0 Å².